The molecule has 0 fully saturated rings. The molecule has 0 heterocycles. The van der Waals surface area contributed by atoms with Crippen LogP contribution in [0.1, 0.15) is 47.5 Å². The topological polar surface area (TPSA) is 29.5 Å². The number of ether oxygens (including phenoxy) is 1. The van der Waals surface area contributed by atoms with E-state index in [1.54, 1.807) is 0 Å². The van der Waals surface area contributed by atoms with Crippen molar-refractivity contribution in [2.75, 3.05) is 0 Å². The minimum atomic E-state index is -0.367. The summed E-state index contributed by atoms with van der Waals surface area (Å²) < 4.78 is 5.64. The van der Waals surface area contributed by atoms with Gasteiger partial charge in [0.1, 0.15) is 6.10 Å². The molecule has 0 aliphatic carbocycles. The van der Waals surface area contributed by atoms with Crippen molar-refractivity contribution in [1.82, 2.24) is 0 Å². The Balaban J connectivity index is 4.06. The molecule has 0 bridgehead atoms. The van der Waals surface area contributed by atoms with Crippen LogP contribution in [0.3, 0.4) is 0 Å². The van der Waals surface area contributed by atoms with Crippen LogP contribution in [0.2, 0.25) is 0 Å². The third kappa shape index (κ3) is 8.47. The van der Waals surface area contributed by atoms with E-state index >= 15 is 0 Å². The third-order valence-corrected chi connectivity index (χ3v) is 1.91. The summed E-state index contributed by atoms with van der Waals surface area (Å²) in [5.41, 5.74) is -0.255. The molecule has 2 heteroatoms. The van der Waals surface area contributed by atoms with Crippen LogP contribution in [0.25, 0.3) is 0 Å². The first-order valence-corrected chi connectivity index (χ1v) is 5.56. The molecule has 0 aliphatic heterocycles. The quantitative estimate of drug-likeness (QED) is 0.710. The zero-order valence-electron chi connectivity index (χ0n) is 10.6. The van der Waals surface area contributed by atoms with Crippen molar-refractivity contribution in [3.05, 3.63) is 0 Å². The Bertz CT molecular complexity index is 208. The highest BCUT2D eigenvalue weighted by atomic mass is 16.5. The summed E-state index contributed by atoms with van der Waals surface area (Å²) in [5, 5.41) is 9.74. The van der Waals surface area contributed by atoms with E-state index in [1.807, 2.05) is 20.8 Å². The van der Waals surface area contributed by atoms with E-state index in [-0.39, 0.29) is 17.8 Å². The summed E-state index contributed by atoms with van der Waals surface area (Å²) >= 11 is 0. The molecule has 1 N–H and O–H groups in total. The van der Waals surface area contributed by atoms with Gasteiger partial charge in [0.15, 0.2) is 0 Å². The molecule has 0 radical (unpaired) electrons. The van der Waals surface area contributed by atoms with Gasteiger partial charge in [0.25, 0.3) is 0 Å². The first kappa shape index (κ1) is 14.5. The number of terminal acetylenes is 1. The number of rotatable bonds is 5. The van der Waals surface area contributed by atoms with Gasteiger partial charge in [-0.3, -0.25) is 0 Å². The fourth-order valence-electron chi connectivity index (χ4n) is 1.46. The number of hydrogen-bond donors (Lipinski definition) is 1. The highest BCUT2D eigenvalue weighted by Crippen LogP contribution is 2.16. The van der Waals surface area contributed by atoms with Gasteiger partial charge in [-0.2, -0.15) is 0 Å². The second-order valence-corrected chi connectivity index (χ2v) is 5.40. The van der Waals surface area contributed by atoms with Gasteiger partial charge in [0, 0.05) is 6.42 Å². The lowest BCUT2D eigenvalue weighted by Crippen LogP contribution is -2.29. The van der Waals surface area contributed by atoms with Crippen LogP contribution < -0.4 is 0 Å². The molecule has 0 spiro atoms. The average Bonchev–Trinajstić information content (AvgIpc) is 1.98. The Morgan fingerprint density at radius 3 is 2.13 bits per heavy atom. The first-order chi connectivity index (χ1) is 6.74. The van der Waals surface area contributed by atoms with Crippen LogP contribution in [0.5, 0.6) is 0 Å². The van der Waals surface area contributed by atoms with Crippen LogP contribution in [-0.2, 0) is 4.74 Å². The summed E-state index contributed by atoms with van der Waals surface area (Å²) in [4.78, 5) is 0. The molecule has 0 aromatic rings. The molecule has 15 heavy (non-hydrogen) atoms. The van der Waals surface area contributed by atoms with Crippen LogP contribution in [-0.4, -0.2) is 22.9 Å². The van der Waals surface area contributed by atoms with Crippen LogP contribution in [0.4, 0.5) is 0 Å². The molecule has 0 aromatic carbocycles. The van der Waals surface area contributed by atoms with Crippen molar-refractivity contribution >= 4 is 0 Å². The van der Waals surface area contributed by atoms with Crippen molar-refractivity contribution in [3.8, 4) is 12.3 Å². The lowest BCUT2D eigenvalue weighted by molar-refractivity contribution is -0.0523. The van der Waals surface area contributed by atoms with Gasteiger partial charge in [0.05, 0.1) is 11.7 Å². The monoisotopic (exact) mass is 212 g/mol. The van der Waals surface area contributed by atoms with Crippen molar-refractivity contribution in [2.45, 2.75) is 65.3 Å². The summed E-state index contributed by atoms with van der Waals surface area (Å²) in [5.74, 6) is 3.06. The molecular formula is C13H24O2. The third-order valence-electron chi connectivity index (χ3n) is 1.91. The molecule has 2 atom stereocenters. The van der Waals surface area contributed by atoms with Crippen molar-refractivity contribution in [3.63, 3.8) is 0 Å². The fraction of sp³-hybridized carbons (Fsp3) is 0.846. The maximum Gasteiger partial charge on any atom is 0.121 e. The van der Waals surface area contributed by atoms with E-state index in [1.165, 1.54) is 0 Å². The van der Waals surface area contributed by atoms with Gasteiger partial charge >= 0.3 is 0 Å². The minimum Gasteiger partial charge on any atom is -0.393 e. The largest absolute Gasteiger partial charge is 0.393 e. The summed E-state index contributed by atoms with van der Waals surface area (Å²) in [6.07, 6.45) is 6.00. The van der Waals surface area contributed by atoms with Crippen molar-refractivity contribution in [1.29, 1.82) is 0 Å². The normalized spacial score (nSPS) is 16.1. The van der Waals surface area contributed by atoms with Crippen molar-refractivity contribution < 1.29 is 9.84 Å². The molecular weight excluding hydrogens is 188 g/mol. The van der Waals surface area contributed by atoms with Crippen LogP contribution in [0, 0.1) is 18.3 Å². The Kier molecular flexibility index (Phi) is 5.93. The molecule has 0 saturated heterocycles. The highest BCUT2D eigenvalue weighted by molar-refractivity contribution is 4.96. The molecule has 0 amide bonds. The number of hydrogen-bond acceptors (Lipinski definition) is 2. The zero-order valence-corrected chi connectivity index (χ0v) is 10.6. The molecule has 0 saturated carbocycles. The van der Waals surface area contributed by atoms with Gasteiger partial charge in [-0.05, 0) is 33.1 Å². The van der Waals surface area contributed by atoms with Crippen molar-refractivity contribution in [2.24, 2.45) is 5.92 Å². The Morgan fingerprint density at radius 1 is 1.27 bits per heavy atom. The molecule has 2 nitrogen and oxygen atoms in total. The van der Waals surface area contributed by atoms with E-state index in [4.69, 9.17) is 11.2 Å². The van der Waals surface area contributed by atoms with Gasteiger partial charge in [-0.25, -0.2) is 0 Å². The van der Waals surface area contributed by atoms with E-state index in [0.717, 1.165) is 6.42 Å². The van der Waals surface area contributed by atoms with Gasteiger partial charge in [-0.15, -0.1) is 6.42 Å². The van der Waals surface area contributed by atoms with Crippen LogP contribution >= 0.6 is 0 Å². The molecule has 88 valence electrons. The van der Waals surface area contributed by atoms with E-state index in [2.05, 4.69) is 19.8 Å². The standard InChI is InChI=1S/C13H24O2/c1-7-12(15-13(4,5)6)9-11(14)8-10(2)3/h1,10-12,14H,8-9H2,2-6H3/t11-,12+/m1/s1. The van der Waals surface area contributed by atoms with E-state index in [0.29, 0.717) is 12.3 Å². The smallest absolute Gasteiger partial charge is 0.121 e. The number of aliphatic hydroxyl groups excluding tert-OH is 1. The Morgan fingerprint density at radius 2 is 1.80 bits per heavy atom. The maximum absolute atomic E-state index is 9.74. The molecule has 0 aliphatic rings. The van der Waals surface area contributed by atoms with Crippen LogP contribution in [0.15, 0.2) is 0 Å². The molecule has 0 rings (SSSR count). The summed E-state index contributed by atoms with van der Waals surface area (Å²) in [7, 11) is 0. The average molecular weight is 212 g/mol. The Hall–Kier alpha value is -0.520. The lowest BCUT2D eigenvalue weighted by atomic mass is 10.0. The zero-order chi connectivity index (χ0) is 12.1. The minimum absolute atomic E-state index is 0.255. The summed E-state index contributed by atoms with van der Waals surface area (Å²) in [6.45, 7) is 10.1. The number of aliphatic hydroxyl groups is 1. The fourth-order valence-corrected chi connectivity index (χ4v) is 1.46. The second kappa shape index (κ2) is 6.15. The maximum atomic E-state index is 9.74. The summed E-state index contributed by atoms with van der Waals surface area (Å²) in [6, 6.07) is 0. The van der Waals surface area contributed by atoms with E-state index < -0.39 is 0 Å². The van der Waals surface area contributed by atoms with Gasteiger partial charge < -0.3 is 9.84 Å². The highest BCUT2D eigenvalue weighted by Gasteiger charge is 2.20. The SMILES string of the molecule is C#C[C@@H](C[C@H](O)CC(C)C)OC(C)(C)C. The lowest BCUT2D eigenvalue weighted by Gasteiger charge is -2.26. The predicted molar refractivity (Wildman–Crippen MR) is 63.5 cm³/mol. The molecule has 0 aromatic heterocycles. The van der Waals surface area contributed by atoms with E-state index in [9.17, 15) is 5.11 Å². The van der Waals surface area contributed by atoms with Gasteiger partial charge in [0.2, 0.25) is 0 Å². The molecule has 0 unspecified atom stereocenters. The second-order valence-electron chi connectivity index (χ2n) is 5.40. The Labute approximate surface area is 94.0 Å². The first-order valence-electron chi connectivity index (χ1n) is 5.56. The predicted octanol–water partition coefficient (Wildman–Crippen LogP) is 2.60. The van der Waals surface area contributed by atoms with Gasteiger partial charge in [-0.1, -0.05) is 19.8 Å².